The summed E-state index contributed by atoms with van der Waals surface area (Å²) in [5.74, 6) is -10.2. The molecule has 1 N–H and O–H groups in total. The number of amides is 1. The van der Waals surface area contributed by atoms with E-state index in [2.05, 4.69) is 21.0 Å². The fourth-order valence-electron chi connectivity index (χ4n) is 1.52. The number of halogens is 5. The minimum Gasteiger partial charge on any atom is -0.463 e. The molecular weight excluding hydrogens is 416 g/mol. The van der Waals surface area contributed by atoms with Crippen LogP contribution < -0.4 is 5.32 Å². The number of benzene rings is 1. The average Bonchev–Trinajstić information content (AvgIpc) is 2.52. The van der Waals surface area contributed by atoms with Crippen molar-refractivity contribution in [3.05, 3.63) is 39.3 Å². The summed E-state index contributed by atoms with van der Waals surface area (Å²) in [6, 6.07) is 0. The van der Waals surface area contributed by atoms with E-state index in [4.69, 9.17) is 10.3 Å². The number of esters is 1. The topological polar surface area (TPSA) is 104 Å². The highest BCUT2D eigenvalue weighted by atomic mass is 79.9. The van der Waals surface area contributed by atoms with Gasteiger partial charge in [0.25, 0.3) is 5.91 Å². The highest BCUT2D eigenvalue weighted by Gasteiger charge is 2.29. The molecule has 0 saturated carbocycles. The molecule has 0 aliphatic carbocycles. The first-order chi connectivity index (χ1) is 11.5. The lowest BCUT2D eigenvalue weighted by atomic mass is 10.1. The van der Waals surface area contributed by atoms with Crippen molar-refractivity contribution in [3.8, 4) is 0 Å². The SMILES string of the molecule is CC(C)(Br)C(=O)OCCNC(=O)c1c(F)c(F)c(N=[N+]=[N-])c(F)c1F. The molecule has 12 heteroatoms. The third kappa shape index (κ3) is 4.83. The number of carbonyl (C=O) groups is 2. The molecule has 0 aliphatic heterocycles. The summed E-state index contributed by atoms with van der Waals surface area (Å²) in [5.41, 5.74) is 5.08. The maximum absolute atomic E-state index is 13.8. The van der Waals surface area contributed by atoms with Crippen molar-refractivity contribution in [3.63, 3.8) is 0 Å². The van der Waals surface area contributed by atoms with Crippen molar-refractivity contribution in [2.75, 3.05) is 13.2 Å². The number of nitrogens with zero attached hydrogens (tertiary/aromatic N) is 3. The first kappa shape index (κ1) is 20.7. The van der Waals surface area contributed by atoms with Gasteiger partial charge in [-0.1, -0.05) is 21.0 Å². The minimum atomic E-state index is -2.02. The number of carbonyl (C=O) groups excluding carboxylic acids is 2. The zero-order valence-corrected chi connectivity index (χ0v) is 14.5. The maximum Gasteiger partial charge on any atom is 0.322 e. The molecule has 0 fully saturated rings. The Morgan fingerprint density at radius 2 is 1.72 bits per heavy atom. The van der Waals surface area contributed by atoms with E-state index in [1.165, 1.54) is 13.8 Å². The second kappa shape index (κ2) is 8.17. The molecule has 0 heterocycles. The smallest absolute Gasteiger partial charge is 0.322 e. The van der Waals surface area contributed by atoms with E-state index in [1.807, 2.05) is 10.2 Å². The van der Waals surface area contributed by atoms with Gasteiger partial charge in [0.15, 0.2) is 23.3 Å². The van der Waals surface area contributed by atoms with Gasteiger partial charge < -0.3 is 10.1 Å². The Morgan fingerprint density at radius 3 is 2.16 bits per heavy atom. The number of nitrogens with one attached hydrogen (secondary N) is 1. The number of hydrogen-bond acceptors (Lipinski definition) is 4. The van der Waals surface area contributed by atoms with Crippen LogP contribution in [0, 0.1) is 23.3 Å². The molecule has 1 rings (SSSR count). The van der Waals surface area contributed by atoms with Crippen molar-refractivity contribution in [2.45, 2.75) is 18.2 Å². The fraction of sp³-hybridized carbons (Fsp3) is 0.385. The summed E-state index contributed by atoms with van der Waals surface area (Å²) in [7, 11) is 0. The molecule has 0 saturated heterocycles. The molecule has 136 valence electrons. The zero-order chi connectivity index (χ0) is 19.4. The van der Waals surface area contributed by atoms with E-state index >= 15 is 0 Å². The number of hydrogen-bond donors (Lipinski definition) is 1. The van der Waals surface area contributed by atoms with Crippen LogP contribution in [0.1, 0.15) is 24.2 Å². The summed E-state index contributed by atoms with van der Waals surface area (Å²) in [6.45, 7) is 2.31. The number of alkyl halides is 1. The van der Waals surface area contributed by atoms with Crippen LogP contribution in [-0.2, 0) is 9.53 Å². The van der Waals surface area contributed by atoms with Crippen molar-refractivity contribution in [1.82, 2.24) is 5.32 Å². The molecule has 0 atom stereocenters. The van der Waals surface area contributed by atoms with Gasteiger partial charge in [-0.05, 0) is 19.4 Å². The van der Waals surface area contributed by atoms with Gasteiger partial charge in [-0.15, -0.1) is 0 Å². The summed E-state index contributed by atoms with van der Waals surface area (Å²) < 4.78 is 58.4. The molecule has 0 aliphatic rings. The second-order valence-electron chi connectivity index (χ2n) is 5.03. The normalized spacial score (nSPS) is 10.8. The van der Waals surface area contributed by atoms with Gasteiger partial charge >= 0.3 is 5.97 Å². The fourth-order valence-corrected chi connectivity index (χ4v) is 1.63. The molecule has 0 aromatic heterocycles. The molecule has 0 unspecified atom stereocenters. The van der Waals surface area contributed by atoms with Gasteiger partial charge in [0.2, 0.25) is 0 Å². The van der Waals surface area contributed by atoms with Crippen LogP contribution in [0.3, 0.4) is 0 Å². The summed E-state index contributed by atoms with van der Waals surface area (Å²) in [6.07, 6.45) is 0. The van der Waals surface area contributed by atoms with Gasteiger partial charge in [0.05, 0.1) is 6.54 Å². The molecule has 1 aromatic carbocycles. The first-order valence-electron chi connectivity index (χ1n) is 6.57. The largest absolute Gasteiger partial charge is 0.463 e. The maximum atomic E-state index is 13.8. The molecule has 1 aromatic rings. The zero-order valence-electron chi connectivity index (χ0n) is 12.9. The standard InChI is InChI=1S/C13H11BrF4N4O3/c1-13(2,14)12(24)25-4-3-20-11(23)5-6(15)8(17)10(21-22-19)9(18)7(5)16/h3-4H2,1-2H3,(H,20,23). The first-order valence-corrected chi connectivity index (χ1v) is 7.37. The highest BCUT2D eigenvalue weighted by molar-refractivity contribution is 9.10. The Morgan fingerprint density at radius 1 is 1.20 bits per heavy atom. The van der Waals surface area contributed by atoms with Gasteiger partial charge in [-0.25, -0.2) is 17.6 Å². The van der Waals surface area contributed by atoms with Gasteiger partial charge in [0, 0.05) is 4.91 Å². The minimum absolute atomic E-state index is 0.343. The highest BCUT2D eigenvalue weighted by Crippen LogP contribution is 2.30. The molecular formula is C13H11BrF4N4O3. The Balaban J connectivity index is 2.90. The van der Waals surface area contributed by atoms with Crippen LogP contribution in [0.2, 0.25) is 0 Å². The van der Waals surface area contributed by atoms with Gasteiger partial charge in [0.1, 0.15) is 22.2 Å². The summed E-state index contributed by atoms with van der Waals surface area (Å²) in [4.78, 5) is 25.2. The lowest BCUT2D eigenvalue weighted by Crippen LogP contribution is -2.33. The predicted octanol–water partition coefficient (Wildman–Crippen LogP) is 3.63. The van der Waals surface area contributed by atoms with Crippen molar-refractivity contribution < 1.29 is 31.9 Å². The van der Waals surface area contributed by atoms with E-state index in [9.17, 15) is 27.2 Å². The van der Waals surface area contributed by atoms with Gasteiger partial charge in [-0.2, -0.15) is 0 Å². The van der Waals surface area contributed by atoms with Crippen LogP contribution in [0.15, 0.2) is 5.11 Å². The van der Waals surface area contributed by atoms with Crippen molar-refractivity contribution >= 4 is 33.5 Å². The molecule has 1 amide bonds. The van der Waals surface area contributed by atoms with Crippen LogP contribution in [0.5, 0.6) is 0 Å². The Kier molecular flexibility index (Phi) is 6.77. The average molecular weight is 427 g/mol. The van der Waals surface area contributed by atoms with E-state index in [0.717, 1.165) is 0 Å². The lowest BCUT2D eigenvalue weighted by molar-refractivity contribution is -0.145. The quantitative estimate of drug-likeness (QED) is 0.110. The number of ether oxygens (including phenoxy) is 1. The number of rotatable bonds is 6. The van der Waals surface area contributed by atoms with Gasteiger partial charge in [-0.3, -0.25) is 9.59 Å². The monoisotopic (exact) mass is 426 g/mol. The molecule has 0 spiro atoms. The molecule has 25 heavy (non-hydrogen) atoms. The lowest BCUT2D eigenvalue weighted by Gasteiger charge is -2.15. The summed E-state index contributed by atoms with van der Waals surface area (Å²) >= 11 is 3.04. The Hall–Kier alpha value is -2.33. The number of azide groups is 1. The van der Waals surface area contributed by atoms with Crippen LogP contribution >= 0.6 is 15.9 Å². The second-order valence-corrected chi connectivity index (χ2v) is 7.02. The predicted molar refractivity (Wildman–Crippen MR) is 81.4 cm³/mol. The Labute approximate surface area is 147 Å². The van der Waals surface area contributed by atoms with Crippen molar-refractivity contribution in [1.29, 1.82) is 0 Å². The van der Waals surface area contributed by atoms with E-state index in [0.29, 0.717) is 0 Å². The third-order valence-corrected chi connectivity index (χ3v) is 3.04. The van der Waals surface area contributed by atoms with Crippen molar-refractivity contribution in [2.24, 2.45) is 5.11 Å². The van der Waals surface area contributed by atoms with E-state index < -0.39 is 50.7 Å². The van der Waals surface area contributed by atoms with Crippen LogP contribution in [0.25, 0.3) is 10.4 Å². The Bertz CT molecular complexity index is 732. The molecule has 0 bridgehead atoms. The molecule has 7 nitrogen and oxygen atoms in total. The van der Waals surface area contributed by atoms with E-state index in [1.54, 1.807) is 0 Å². The van der Waals surface area contributed by atoms with Crippen LogP contribution in [0.4, 0.5) is 23.2 Å². The third-order valence-electron chi connectivity index (χ3n) is 2.72. The summed E-state index contributed by atoms with van der Waals surface area (Å²) in [5, 5.41) is 4.45. The van der Waals surface area contributed by atoms with Crippen LogP contribution in [-0.4, -0.2) is 29.4 Å². The van der Waals surface area contributed by atoms with E-state index in [-0.39, 0.29) is 13.2 Å². The molecule has 0 radical (unpaired) electrons.